The summed E-state index contributed by atoms with van der Waals surface area (Å²) in [7, 11) is -4.21. The number of nitrogens with two attached hydrogens (primary N) is 1. The molecule has 0 aliphatic carbocycles. The van der Waals surface area contributed by atoms with Crippen LogP contribution in [0.25, 0.3) is 0 Å². The number of rotatable bonds is 5. The molecule has 2 aromatic carbocycles. The fourth-order valence-corrected chi connectivity index (χ4v) is 4.12. The summed E-state index contributed by atoms with van der Waals surface area (Å²) in [4.78, 5) is 1.73. The Morgan fingerprint density at radius 1 is 1.14 bits per heavy atom. The lowest BCUT2D eigenvalue weighted by atomic mass is 10.0. The molecule has 1 fully saturated rings. The highest BCUT2D eigenvalue weighted by Crippen LogP contribution is 2.37. The number of nitrogens with one attached hydrogen (secondary N) is 1. The van der Waals surface area contributed by atoms with Crippen LogP contribution in [-0.4, -0.2) is 32.4 Å². The Bertz CT molecular complexity index is 969. The first-order valence-corrected chi connectivity index (χ1v) is 10.9. The van der Waals surface area contributed by atoms with Gasteiger partial charge in [0.1, 0.15) is 0 Å². The van der Waals surface area contributed by atoms with Gasteiger partial charge in [-0.1, -0.05) is 29.8 Å². The van der Waals surface area contributed by atoms with E-state index in [-0.39, 0.29) is 11.7 Å². The van der Waals surface area contributed by atoms with Crippen molar-refractivity contribution in [3.05, 3.63) is 59.2 Å². The zero-order valence-electron chi connectivity index (χ0n) is 16.0. The van der Waals surface area contributed by atoms with Gasteiger partial charge in [-0.3, -0.25) is 4.90 Å². The van der Waals surface area contributed by atoms with Gasteiger partial charge in [-0.05, 0) is 43.5 Å². The Balaban J connectivity index is 1.67. The fraction of sp³-hybridized carbons (Fsp3) is 0.400. The largest absolute Gasteiger partial charge is 0.418 e. The Kier molecular flexibility index (Phi) is 6.21. The molecule has 0 spiro atoms. The maximum Gasteiger partial charge on any atom is 0.418 e. The zero-order chi connectivity index (χ0) is 21.2. The first-order chi connectivity index (χ1) is 13.5. The maximum absolute atomic E-state index is 13.4. The number of aryl methyl sites for hydroxylation is 1. The van der Waals surface area contributed by atoms with Crippen LogP contribution in [-0.2, 0) is 22.7 Å². The lowest BCUT2D eigenvalue weighted by Crippen LogP contribution is -2.39. The van der Waals surface area contributed by atoms with Crippen LogP contribution in [0.1, 0.15) is 29.5 Å². The molecule has 0 aromatic heterocycles. The monoisotopic (exact) mass is 427 g/mol. The minimum atomic E-state index is -4.69. The molecule has 0 atom stereocenters. The number of sulfonamides is 1. The van der Waals surface area contributed by atoms with Gasteiger partial charge in [0.15, 0.2) is 0 Å². The first kappa shape index (κ1) is 21.6. The summed E-state index contributed by atoms with van der Waals surface area (Å²) >= 11 is 0. The number of alkyl halides is 3. The molecule has 3 rings (SSSR count). The van der Waals surface area contributed by atoms with Crippen LogP contribution < -0.4 is 10.5 Å². The third-order valence-electron chi connectivity index (χ3n) is 5.06. The van der Waals surface area contributed by atoms with Crippen molar-refractivity contribution >= 4 is 15.7 Å². The number of likely N-dealkylation sites (tertiary alicyclic amines) is 1. The van der Waals surface area contributed by atoms with E-state index in [9.17, 15) is 21.6 Å². The normalized spacial score (nSPS) is 16.7. The Morgan fingerprint density at radius 2 is 1.83 bits per heavy atom. The van der Waals surface area contributed by atoms with Crippen molar-refractivity contribution < 1.29 is 21.6 Å². The Labute approximate surface area is 168 Å². The Morgan fingerprint density at radius 3 is 2.41 bits per heavy atom. The minimum Gasteiger partial charge on any atom is -0.382 e. The molecule has 1 aliphatic rings. The summed E-state index contributed by atoms with van der Waals surface area (Å²) < 4.78 is 63.1. The molecule has 2 aromatic rings. The van der Waals surface area contributed by atoms with E-state index in [1.165, 1.54) is 11.1 Å². The molecule has 9 heteroatoms. The van der Waals surface area contributed by atoms with Crippen LogP contribution >= 0.6 is 0 Å². The lowest BCUT2D eigenvalue weighted by molar-refractivity contribution is -0.137. The number of halogens is 3. The molecule has 0 saturated carbocycles. The molecular weight excluding hydrogens is 403 g/mol. The van der Waals surface area contributed by atoms with Crippen molar-refractivity contribution in [2.24, 2.45) is 5.14 Å². The molecule has 29 heavy (non-hydrogen) atoms. The molecular formula is C20H24F3N3O2S. The summed E-state index contributed by atoms with van der Waals surface area (Å²) in [5, 5.41) is 7.92. The van der Waals surface area contributed by atoms with E-state index < -0.39 is 26.7 Å². The quantitative estimate of drug-likeness (QED) is 0.762. The van der Waals surface area contributed by atoms with Gasteiger partial charge >= 0.3 is 6.18 Å². The second-order valence-electron chi connectivity index (χ2n) is 7.43. The van der Waals surface area contributed by atoms with Gasteiger partial charge in [-0.25, -0.2) is 13.6 Å². The van der Waals surface area contributed by atoms with E-state index in [4.69, 9.17) is 5.14 Å². The molecule has 0 bridgehead atoms. The molecule has 0 amide bonds. The number of hydrogen-bond acceptors (Lipinski definition) is 4. The maximum atomic E-state index is 13.4. The van der Waals surface area contributed by atoms with Gasteiger partial charge in [-0.2, -0.15) is 13.2 Å². The smallest absolute Gasteiger partial charge is 0.382 e. The zero-order valence-corrected chi connectivity index (χ0v) is 16.9. The highest BCUT2D eigenvalue weighted by Gasteiger charge is 2.35. The average molecular weight is 427 g/mol. The summed E-state index contributed by atoms with van der Waals surface area (Å²) in [5.41, 5.74) is 1.27. The third-order valence-corrected chi connectivity index (χ3v) is 5.97. The van der Waals surface area contributed by atoms with Gasteiger partial charge in [0.25, 0.3) is 0 Å². The van der Waals surface area contributed by atoms with Crippen LogP contribution in [0.3, 0.4) is 0 Å². The highest BCUT2D eigenvalue weighted by atomic mass is 32.2. The van der Waals surface area contributed by atoms with Crippen molar-refractivity contribution in [3.63, 3.8) is 0 Å². The SMILES string of the molecule is Cc1cccc(CN2CCC(Nc3ccc(S(N)(=O)=O)cc3C(F)(F)F)CC2)c1. The lowest BCUT2D eigenvalue weighted by Gasteiger charge is -2.33. The molecule has 0 unspecified atom stereocenters. The van der Waals surface area contributed by atoms with Crippen molar-refractivity contribution in [2.75, 3.05) is 18.4 Å². The van der Waals surface area contributed by atoms with Gasteiger partial charge in [0.05, 0.1) is 10.5 Å². The topological polar surface area (TPSA) is 75.4 Å². The number of nitrogens with zero attached hydrogens (tertiary/aromatic N) is 1. The van der Waals surface area contributed by atoms with Gasteiger partial charge in [-0.15, -0.1) is 0 Å². The van der Waals surface area contributed by atoms with E-state index in [2.05, 4.69) is 22.3 Å². The number of hydrogen-bond donors (Lipinski definition) is 2. The highest BCUT2D eigenvalue weighted by molar-refractivity contribution is 7.89. The number of piperidine rings is 1. The van der Waals surface area contributed by atoms with Crippen LogP contribution in [0.5, 0.6) is 0 Å². The predicted molar refractivity (Wildman–Crippen MR) is 106 cm³/mol. The number of benzene rings is 2. The average Bonchev–Trinajstić information content (AvgIpc) is 2.62. The van der Waals surface area contributed by atoms with Gasteiger partial charge < -0.3 is 5.32 Å². The van der Waals surface area contributed by atoms with Crippen molar-refractivity contribution in [1.29, 1.82) is 0 Å². The molecule has 1 aliphatic heterocycles. The molecule has 5 nitrogen and oxygen atoms in total. The molecule has 1 saturated heterocycles. The second-order valence-corrected chi connectivity index (χ2v) is 9.00. The standard InChI is InChI=1S/C20H24F3N3O2S/c1-14-3-2-4-15(11-14)13-26-9-7-16(8-10-26)25-19-6-5-17(29(24,27)28)12-18(19)20(21,22)23/h2-6,11-12,16,25H,7-10,13H2,1H3,(H2,24,27,28). The summed E-state index contributed by atoms with van der Waals surface area (Å²) in [5.74, 6) is 0. The first-order valence-electron chi connectivity index (χ1n) is 9.31. The second kappa shape index (κ2) is 8.33. The van der Waals surface area contributed by atoms with Crippen LogP contribution in [0.4, 0.5) is 18.9 Å². The van der Waals surface area contributed by atoms with Crippen LogP contribution in [0.15, 0.2) is 47.4 Å². The van der Waals surface area contributed by atoms with E-state index in [0.29, 0.717) is 18.9 Å². The van der Waals surface area contributed by atoms with Gasteiger partial charge in [0, 0.05) is 31.4 Å². The van der Waals surface area contributed by atoms with Crippen LogP contribution in [0, 0.1) is 6.92 Å². The van der Waals surface area contributed by atoms with E-state index in [1.54, 1.807) is 0 Å². The molecule has 1 heterocycles. The van der Waals surface area contributed by atoms with E-state index in [1.807, 2.05) is 19.1 Å². The van der Waals surface area contributed by atoms with Crippen LogP contribution in [0.2, 0.25) is 0 Å². The number of primary sulfonamides is 1. The van der Waals surface area contributed by atoms with Crippen molar-refractivity contribution in [2.45, 2.75) is 43.4 Å². The van der Waals surface area contributed by atoms with Crippen molar-refractivity contribution in [1.82, 2.24) is 4.90 Å². The molecule has 3 N–H and O–H groups in total. The predicted octanol–water partition coefficient (Wildman–Crippen LogP) is 3.74. The van der Waals surface area contributed by atoms with E-state index >= 15 is 0 Å². The summed E-state index contributed by atoms with van der Waals surface area (Å²) in [6.45, 7) is 4.38. The Hall–Kier alpha value is -2.10. The van der Waals surface area contributed by atoms with E-state index in [0.717, 1.165) is 31.8 Å². The number of anilines is 1. The third kappa shape index (κ3) is 5.71. The summed E-state index contributed by atoms with van der Waals surface area (Å²) in [6, 6.07) is 11.0. The minimum absolute atomic E-state index is 0.120. The van der Waals surface area contributed by atoms with Crippen molar-refractivity contribution in [3.8, 4) is 0 Å². The fourth-order valence-electron chi connectivity index (χ4n) is 3.58. The molecule has 158 valence electrons. The molecule has 0 radical (unpaired) electrons. The van der Waals surface area contributed by atoms with Gasteiger partial charge in [0.2, 0.25) is 10.0 Å². The summed E-state index contributed by atoms with van der Waals surface area (Å²) in [6.07, 6.45) is -3.30.